The maximum absolute atomic E-state index is 13.5. The lowest BCUT2D eigenvalue weighted by Crippen LogP contribution is -2.42. The lowest BCUT2D eigenvalue weighted by Gasteiger charge is -2.29. The number of rotatable bonds is 6. The predicted molar refractivity (Wildman–Crippen MR) is 162 cm³/mol. The smallest absolute Gasteiger partial charge is 0.250 e. The molecule has 3 N–H and O–H groups in total. The summed E-state index contributed by atoms with van der Waals surface area (Å²) in [6.45, 7) is 9.08. The average Bonchev–Trinajstić information content (AvgIpc) is 3.80. The Kier molecular flexibility index (Phi) is 7.96. The first-order chi connectivity index (χ1) is 20.5. The van der Waals surface area contributed by atoms with Crippen LogP contribution in [-0.2, 0) is 14.3 Å². The number of hydrogen-bond donors (Lipinski definition) is 3. The normalized spacial score (nSPS) is 23.4. The zero-order chi connectivity index (χ0) is 29.1. The molecule has 3 aromatic rings. The van der Waals surface area contributed by atoms with E-state index in [1.165, 1.54) is 0 Å². The Morgan fingerprint density at radius 1 is 1.14 bits per heavy atom. The third-order valence-electron chi connectivity index (χ3n) is 7.93. The fourth-order valence-corrected chi connectivity index (χ4v) is 5.39. The van der Waals surface area contributed by atoms with Crippen molar-refractivity contribution in [2.45, 2.75) is 26.2 Å². The van der Waals surface area contributed by atoms with Crippen LogP contribution in [0.15, 0.2) is 72.8 Å². The molecule has 0 spiro atoms. The van der Waals surface area contributed by atoms with Crippen LogP contribution in [0.25, 0.3) is 27.9 Å². The summed E-state index contributed by atoms with van der Waals surface area (Å²) in [5.74, 6) is 0.159. The van der Waals surface area contributed by atoms with Crippen molar-refractivity contribution < 1.29 is 14.3 Å². The third kappa shape index (κ3) is 5.89. The number of morpholine rings is 1. The molecule has 10 nitrogen and oxygen atoms in total. The predicted octanol–water partition coefficient (Wildman–Crippen LogP) is 4.24. The molecule has 0 aromatic carbocycles. The lowest BCUT2D eigenvalue weighted by molar-refractivity contribution is -0.131. The van der Waals surface area contributed by atoms with Crippen LogP contribution in [0.4, 0.5) is 5.69 Å². The summed E-state index contributed by atoms with van der Waals surface area (Å²) < 4.78 is 5.45. The SMILES string of the molecule is C=C/C1=C(\c2[nH]nc3ncc(-c4cncc(NC(=O)C5CC5)c4)cc23)NC/C=C\C=C(\C(=O)N2CCOCC2)C(C)C1. The zero-order valence-electron chi connectivity index (χ0n) is 23.7. The van der Waals surface area contributed by atoms with E-state index in [1.807, 2.05) is 41.3 Å². The van der Waals surface area contributed by atoms with E-state index in [4.69, 9.17) is 4.74 Å². The van der Waals surface area contributed by atoms with Crippen molar-refractivity contribution >= 4 is 34.2 Å². The summed E-state index contributed by atoms with van der Waals surface area (Å²) in [6.07, 6.45) is 15.4. The van der Waals surface area contributed by atoms with Crippen molar-refractivity contribution in [2.24, 2.45) is 11.8 Å². The van der Waals surface area contributed by atoms with E-state index in [-0.39, 0.29) is 23.7 Å². The van der Waals surface area contributed by atoms with Crippen LogP contribution in [0.5, 0.6) is 0 Å². The van der Waals surface area contributed by atoms with Gasteiger partial charge in [0.1, 0.15) is 0 Å². The van der Waals surface area contributed by atoms with E-state index in [9.17, 15) is 9.59 Å². The van der Waals surface area contributed by atoms with Crippen molar-refractivity contribution in [3.63, 3.8) is 0 Å². The fourth-order valence-electron chi connectivity index (χ4n) is 5.39. The van der Waals surface area contributed by atoms with Crippen LogP contribution < -0.4 is 10.6 Å². The van der Waals surface area contributed by atoms with Gasteiger partial charge in [0.05, 0.1) is 36.5 Å². The van der Waals surface area contributed by atoms with E-state index in [2.05, 4.69) is 44.3 Å². The van der Waals surface area contributed by atoms with Gasteiger partial charge in [-0.05, 0) is 42.9 Å². The number of nitrogens with one attached hydrogen (secondary N) is 3. The monoisotopic (exact) mass is 565 g/mol. The van der Waals surface area contributed by atoms with Gasteiger partial charge in [-0.25, -0.2) is 4.98 Å². The number of amides is 2. The number of anilines is 1. The van der Waals surface area contributed by atoms with Crippen molar-refractivity contribution in [3.05, 3.63) is 78.4 Å². The van der Waals surface area contributed by atoms with E-state index >= 15 is 0 Å². The van der Waals surface area contributed by atoms with E-state index < -0.39 is 0 Å². The number of nitrogens with zero attached hydrogens (tertiary/aromatic N) is 4. The number of aromatic nitrogens is 4. The quantitative estimate of drug-likeness (QED) is 0.408. The van der Waals surface area contributed by atoms with Crippen LogP contribution in [0, 0.1) is 11.8 Å². The molecule has 0 radical (unpaired) electrons. The van der Waals surface area contributed by atoms with Crippen LogP contribution >= 0.6 is 0 Å². The molecule has 216 valence electrons. The number of hydrogen-bond acceptors (Lipinski definition) is 7. The lowest BCUT2D eigenvalue weighted by atomic mass is 9.89. The summed E-state index contributed by atoms with van der Waals surface area (Å²) in [4.78, 5) is 36.6. The number of H-pyrrole nitrogens is 1. The summed E-state index contributed by atoms with van der Waals surface area (Å²) in [7, 11) is 0. The first kappa shape index (κ1) is 27.6. The number of aromatic amines is 1. The van der Waals surface area contributed by atoms with Gasteiger partial charge in [0.25, 0.3) is 0 Å². The molecule has 3 aromatic heterocycles. The van der Waals surface area contributed by atoms with E-state index in [0.717, 1.165) is 51.9 Å². The Labute approximate surface area is 244 Å². The second-order valence-electron chi connectivity index (χ2n) is 11.0. The van der Waals surface area contributed by atoms with Gasteiger partial charge < -0.3 is 20.3 Å². The first-order valence-electron chi connectivity index (χ1n) is 14.5. The summed E-state index contributed by atoms with van der Waals surface area (Å²) in [5, 5.41) is 15.0. The molecule has 6 rings (SSSR count). The largest absolute Gasteiger partial charge is 0.380 e. The van der Waals surface area contributed by atoms with Crippen molar-refractivity contribution in [3.8, 4) is 11.1 Å². The Hall–Kier alpha value is -4.57. The molecule has 10 heteroatoms. The van der Waals surface area contributed by atoms with Gasteiger partial charge in [0.15, 0.2) is 5.65 Å². The Morgan fingerprint density at radius 3 is 2.74 bits per heavy atom. The second-order valence-corrected chi connectivity index (χ2v) is 11.0. The van der Waals surface area contributed by atoms with Gasteiger partial charge in [0.2, 0.25) is 11.8 Å². The zero-order valence-corrected chi connectivity index (χ0v) is 23.7. The van der Waals surface area contributed by atoms with Crippen LogP contribution in [0.2, 0.25) is 0 Å². The highest BCUT2D eigenvalue weighted by Crippen LogP contribution is 2.33. The Balaban J connectivity index is 1.32. The molecule has 1 unspecified atom stereocenters. The Morgan fingerprint density at radius 2 is 1.95 bits per heavy atom. The maximum atomic E-state index is 13.5. The summed E-state index contributed by atoms with van der Waals surface area (Å²) in [6, 6.07) is 3.95. The molecule has 2 amide bonds. The molecule has 5 heterocycles. The number of fused-ring (bicyclic) bond motifs is 1. The highest BCUT2D eigenvalue weighted by molar-refractivity contribution is 5.96. The van der Waals surface area contributed by atoms with Gasteiger partial charge in [0, 0.05) is 60.0 Å². The van der Waals surface area contributed by atoms with Crippen molar-refractivity contribution in [1.82, 2.24) is 30.4 Å². The molecule has 2 aliphatic heterocycles. The van der Waals surface area contributed by atoms with Crippen LogP contribution in [0.1, 0.15) is 31.9 Å². The van der Waals surface area contributed by atoms with Gasteiger partial charge in [-0.1, -0.05) is 37.8 Å². The average molecular weight is 566 g/mol. The number of allylic oxidation sites excluding steroid dienone is 4. The standard InChI is InChI=1S/C32H35N7O3/c1-3-21-14-20(2)26(32(41)39-10-12-42-13-11-39)6-4-5-9-34-28(21)29-27-16-24(18-35-30(27)38-37-29)23-15-25(19-33-17-23)36-31(40)22-7-8-22/h3-6,15-20,22,34H,1,7-14H2,2H3,(H,36,40)(H,35,37,38)/b5-4-,26-6+,28-21-. The fraction of sp³-hybridized carbons (Fsp3) is 0.344. The molecular formula is C32H35N7O3. The number of ether oxygens (including phenoxy) is 1. The van der Waals surface area contributed by atoms with Gasteiger partial charge in [-0.15, -0.1) is 0 Å². The molecule has 0 bridgehead atoms. The first-order valence-corrected chi connectivity index (χ1v) is 14.5. The summed E-state index contributed by atoms with van der Waals surface area (Å²) >= 11 is 0. The Bertz CT molecular complexity index is 1610. The van der Waals surface area contributed by atoms with Crippen LogP contribution in [-0.4, -0.2) is 69.7 Å². The van der Waals surface area contributed by atoms with Gasteiger partial charge >= 0.3 is 0 Å². The molecule has 1 saturated carbocycles. The highest BCUT2D eigenvalue weighted by atomic mass is 16.5. The minimum absolute atomic E-state index is 0.0403. The van der Waals surface area contributed by atoms with E-state index in [1.54, 1.807) is 18.6 Å². The molecule has 2 fully saturated rings. The highest BCUT2D eigenvalue weighted by Gasteiger charge is 2.30. The van der Waals surface area contributed by atoms with E-state index in [0.29, 0.717) is 50.6 Å². The molecule has 1 atom stereocenters. The van der Waals surface area contributed by atoms with Crippen molar-refractivity contribution in [2.75, 3.05) is 38.2 Å². The number of carbonyl (C=O) groups is 2. The van der Waals surface area contributed by atoms with Crippen LogP contribution in [0.3, 0.4) is 0 Å². The summed E-state index contributed by atoms with van der Waals surface area (Å²) in [5.41, 5.74) is 6.36. The molecular weight excluding hydrogens is 530 g/mol. The molecule has 1 aliphatic carbocycles. The molecule has 3 aliphatic rings. The van der Waals surface area contributed by atoms with Crippen molar-refractivity contribution in [1.29, 1.82) is 0 Å². The second kappa shape index (κ2) is 12.1. The minimum atomic E-state index is -0.0459. The minimum Gasteiger partial charge on any atom is -0.380 e. The number of carbonyl (C=O) groups excluding carboxylic acids is 2. The van der Waals surface area contributed by atoms with Gasteiger partial charge in [-0.2, -0.15) is 5.10 Å². The third-order valence-corrected chi connectivity index (χ3v) is 7.93. The maximum Gasteiger partial charge on any atom is 0.250 e. The number of pyridine rings is 2. The molecule has 1 saturated heterocycles. The van der Waals surface area contributed by atoms with Gasteiger partial charge in [-0.3, -0.25) is 19.7 Å². The topological polar surface area (TPSA) is 125 Å². The molecule has 42 heavy (non-hydrogen) atoms.